The van der Waals surface area contributed by atoms with Crippen LogP contribution in [0.4, 0.5) is 6.01 Å². The summed E-state index contributed by atoms with van der Waals surface area (Å²) in [4.78, 5) is 4.43. The van der Waals surface area contributed by atoms with Crippen LogP contribution in [0.2, 0.25) is 0 Å². The third-order valence-electron chi connectivity index (χ3n) is 2.82. The Morgan fingerprint density at radius 2 is 2.00 bits per heavy atom. The normalized spacial score (nSPS) is 18.0. The topological polar surface area (TPSA) is 71.4 Å². The van der Waals surface area contributed by atoms with Gasteiger partial charge < -0.3 is 20.0 Å². The fourth-order valence-electron chi connectivity index (χ4n) is 1.72. The molecule has 1 aliphatic heterocycles. The average Bonchev–Trinajstić information content (AvgIpc) is 2.76. The van der Waals surface area contributed by atoms with Crippen LogP contribution in [0.1, 0.15) is 12.3 Å². The second-order valence-corrected chi connectivity index (χ2v) is 4.16. The van der Waals surface area contributed by atoms with Crippen molar-refractivity contribution in [1.29, 1.82) is 0 Å². The van der Waals surface area contributed by atoms with Crippen LogP contribution in [0.3, 0.4) is 0 Å². The van der Waals surface area contributed by atoms with Crippen LogP contribution in [0.5, 0.6) is 0 Å². The molecule has 2 N–H and O–H groups in total. The summed E-state index contributed by atoms with van der Waals surface area (Å²) >= 11 is 0. The molecule has 0 atom stereocenters. The lowest BCUT2D eigenvalue weighted by molar-refractivity contribution is 0.303. The molecule has 6 heteroatoms. The van der Waals surface area contributed by atoms with Crippen molar-refractivity contribution < 1.29 is 4.42 Å². The van der Waals surface area contributed by atoms with E-state index in [2.05, 4.69) is 27.0 Å². The number of likely N-dealkylation sites (N-methyl/N-ethyl adjacent to an activating group) is 1. The van der Waals surface area contributed by atoms with Gasteiger partial charge >= 0.3 is 6.01 Å². The monoisotopic (exact) mass is 225 g/mol. The number of aryl methyl sites for hydroxylation is 1. The molecular weight excluding hydrogens is 206 g/mol. The number of piperazine rings is 1. The van der Waals surface area contributed by atoms with Crippen molar-refractivity contribution in [2.24, 2.45) is 5.73 Å². The van der Waals surface area contributed by atoms with E-state index in [1.165, 1.54) is 0 Å². The molecule has 1 aliphatic rings. The molecule has 2 rings (SSSR count). The Kier molecular flexibility index (Phi) is 3.74. The molecule has 2 heterocycles. The van der Waals surface area contributed by atoms with Crippen LogP contribution >= 0.6 is 0 Å². The molecule has 0 unspecified atom stereocenters. The van der Waals surface area contributed by atoms with E-state index in [0.717, 1.165) is 39.0 Å². The molecular formula is C10H19N5O. The Morgan fingerprint density at radius 3 is 2.69 bits per heavy atom. The van der Waals surface area contributed by atoms with Crippen molar-refractivity contribution in [2.75, 3.05) is 44.7 Å². The van der Waals surface area contributed by atoms with Gasteiger partial charge in [0.1, 0.15) is 0 Å². The Hall–Kier alpha value is -1.14. The summed E-state index contributed by atoms with van der Waals surface area (Å²) in [5.41, 5.74) is 5.44. The highest BCUT2D eigenvalue weighted by Crippen LogP contribution is 2.14. The van der Waals surface area contributed by atoms with E-state index in [-0.39, 0.29) is 0 Å². The summed E-state index contributed by atoms with van der Waals surface area (Å²) in [5.74, 6) is 0.694. The van der Waals surface area contributed by atoms with Crippen molar-refractivity contribution in [3.63, 3.8) is 0 Å². The van der Waals surface area contributed by atoms with Crippen molar-refractivity contribution >= 4 is 6.01 Å². The van der Waals surface area contributed by atoms with Crippen LogP contribution in [-0.2, 0) is 6.42 Å². The molecule has 0 aromatic carbocycles. The maximum Gasteiger partial charge on any atom is 0.318 e. The first-order valence-corrected chi connectivity index (χ1v) is 5.75. The maximum atomic E-state index is 5.59. The number of nitrogens with zero attached hydrogens (tertiary/aromatic N) is 4. The molecule has 0 spiro atoms. The molecule has 0 saturated carbocycles. The summed E-state index contributed by atoms with van der Waals surface area (Å²) in [7, 11) is 2.12. The van der Waals surface area contributed by atoms with Gasteiger partial charge in [0.15, 0.2) is 0 Å². The first kappa shape index (κ1) is 11.3. The van der Waals surface area contributed by atoms with Crippen molar-refractivity contribution in [2.45, 2.75) is 12.8 Å². The minimum Gasteiger partial charge on any atom is -0.408 e. The number of nitrogens with two attached hydrogens (primary N) is 1. The minimum atomic E-state index is 0.653. The zero-order chi connectivity index (χ0) is 11.4. The van der Waals surface area contributed by atoms with Crippen molar-refractivity contribution in [3.05, 3.63) is 5.89 Å². The van der Waals surface area contributed by atoms with E-state index in [1.807, 2.05) is 0 Å². The average molecular weight is 225 g/mol. The summed E-state index contributed by atoms with van der Waals surface area (Å²) in [6, 6.07) is 0.653. The Labute approximate surface area is 95.4 Å². The third-order valence-corrected chi connectivity index (χ3v) is 2.82. The molecule has 0 bridgehead atoms. The zero-order valence-corrected chi connectivity index (χ0v) is 9.72. The van der Waals surface area contributed by atoms with Crippen LogP contribution in [-0.4, -0.2) is 54.9 Å². The lowest BCUT2D eigenvalue weighted by Crippen LogP contribution is -2.44. The number of rotatable bonds is 4. The highest BCUT2D eigenvalue weighted by atomic mass is 16.4. The predicted octanol–water partition coefficient (Wildman–Crippen LogP) is -0.287. The molecule has 0 amide bonds. The second-order valence-electron chi connectivity index (χ2n) is 4.16. The Morgan fingerprint density at radius 1 is 1.25 bits per heavy atom. The van der Waals surface area contributed by atoms with Crippen molar-refractivity contribution in [1.82, 2.24) is 15.1 Å². The van der Waals surface area contributed by atoms with Gasteiger partial charge in [-0.05, 0) is 20.0 Å². The van der Waals surface area contributed by atoms with Gasteiger partial charge in [0.05, 0.1) is 0 Å². The second kappa shape index (κ2) is 5.27. The van der Waals surface area contributed by atoms with E-state index >= 15 is 0 Å². The fraction of sp³-hybridized carbons (Fsp3) is 0.800. The predicted molar refractivity (Wildman–Crippen MR) is 61.4 cm³/mol. The van der Waals surface area contributed by atoms with Crippen molar-refractivity contribution in [3.8, 4) is 0 Å². The van der Waals surface area contributed by atoms with Crippen LogP contribution < -0.4 is 10.6 Å². The van der Waals surface area contributed by atoms with Gasteiger partial charge in [0, 0.05) is 32.6 Å². The van der Waals surface area contributed by atoms with Gasteiger partial charge in [0.25, 0.3) is 0 Å². The highest BCUT2D eigenvalue weighted by Gasteiger charge is 2.18. The lowest BCUT2D eigenvalue weighted by atomic mass is 10.3. The Balaban J connectivity index is 1.91. The summed E-state index contributed by atoms with van der Waals surface area (Å²) in [6.07, 6.45) is 1.67. The quantitative estimate of drug-likeness (QED) is 0.759. The largest absolute Gasteiger partial charge is 0.408 e. The van der Waals surface area contributed by atoms with Crippen LogP contribution in [0, 0.1) is 0 Å². The van der Waals surface area contributed by atoms with E-state index < -0.39 is 0 Å². The molecule has 0 radical (unpaired) electrons. The lowest BCUT2D eigenvalue weighted by Gasteiger charge is -2.30. The van der Waals surface area contributed by atoms with Gasteiger partial charge in [-0.2, -0.15) is 0 Å². The molecule has 6 nitrogen and oxygen atoms in total. The van der Waals surface area contributed by atoms with Gasteiger partial charge in [-0.1, -0.05) is 5.10 Å². The number of aromatic nitrogens is 2. The first-order valence-electron chi connectivity index (χ1n) is 5.75. The summed E-state index contributed by atoms with van der Waals surface area (Å²) < 4.78 is 5.59. The summed E-state index contributed by atoms with van der Waals surface area (Å²) in [5, 5.41) is 8.09. The number of anilines is 1. The number of hydrogen-bond acceptors (Lipinski definition) is 6. The van der Waals surface area contributed by atoms with E-state index in [9.17, 15) is 0 Å². The SMILES string of the molecule is CN1CCN(c2nnc(CCCN)o2)CC1. The van der Waals surface area contributed by atoms with Crippen LogP contribution in [0.15, 0.2) is 4.42 Å². The minimum absolute atomic E-state index is 0.653. The summed E-state index contributed by atoms with van der Waals surface area (Å²) in [6.45, 7) is 4.65. The molecule has 90 valence electrons. The standard InChI is InChI=1S/C10H19N5O/c1-14-5-7-15(8-6-14)10-13-12-9(16-10)3-2-4-11/h2-8,11H2,1H3. The zero-order valence-electron chi connectivity index (χ0n) is 9.72. The molecule has 1 fully saturated rings. The van der Waals surface area contributed by atoms with Gasteiger partial charge in [0.2, 0.25) is 5.89 Å². The number of hydrogen-bond donors (Lipinski definition) is 1. The van der Waals surface area contributed by atoms with Gasteiger partial charge in [-0.15, -0.1) is 5.10 Å². The van der Waals surface area contributed by atoms with Gasteiger partial charge in [-0.3, -0.25) is 0 Å². The molecule has 1 aromatic heterocycles. The maximum absolute atomic E-state index is 5.59. The first-order chi connectivity index (χ1) is 7.79. The molecule has 16 heavy (non-hydrogen) atoms. The smallest absolute Gasteiger partial charge is 0.318 e. The molecule has 0 aliphatic carbocycles. The van der Waals surface area contributed by atoms with E-state index in [0.29, 0.717) is 18.5 Å². The van der Waals surface area contributed by atoms with E-state index in [4.69, 9.17) is 10.2 Å². The molecule has 1 saturated heterocycles. The highest BCUT2D eigenvalue weighted by molar-refractivity contribution is 5.24. The fourth-order valence-corrected chi connectivity index (χ4v) is 1.72. The molecule has 1 aromatic rings. The van der Waals surface area contributed by atoms with Crippen LogP contribution in [0.25, 0.3) is 0 Å². The van der Waals surface area contributed by atoms with E-state index in [1.54, 1.807) is 0 Å². The van der Waals surface area contributed by atoms with Gasteiger partial charge in [-0.25, -0.2) is 0 Å². The Bertz CT molecular complexity index is 319. The third kappa shape index (κ3) is 2.70.